The van der Waals surface area contributed by atoms with E-state index in [1.165, 1.54) is 132 Å². The number of aryl methyl sites for hydroxylation is 2. The number of rotatable bonds is 10. The Hall–Kier alpha value is -10.9. The van der Waals surface area contributed by atoms with Gasteiger partial charge in [-0.15, -0.1) is 0 Å². The largest absolute Gasteiger partial charge is 0.309 e. The van der Waals surface area contributed by atoms with Gasteiger partial charge in [-0.2, -0.15) is 0 Å². The molecule has 4 heteroatoms. The molecule has 0 aliphatic rings. The number of fused-ring (bicyclic) bond motifs is 12. The first-order valence-corrected chi connectivity index (χ1v) is 29.1. The molecule has 17 aromatic rings. The lowest BCUT2D eigenvalue weighted by Crippen LogP contribution is -2.12. The van der Waals surface area contributed by atoms with Gasteiger partial charge in [-0.25, -0.2) is 0 Å². The molecule has 0 unspecified atom stereocenters. The summed E-state index contributed by atoms with van der Waals surface area (Å²) in [6.07, 6.45) is 0. The summed E-state index contributed by atoms with van der Waals surface area (Å²) >= 11 is 0. The summed E-state index contributed by atoms with van der Waals surface area (Å²) in [5.41, 5.74) is 25.9. The summed E-state index contributed by atoms with van der Waals surface area (Å²) in [5.74, 6) is 0. The number of anilines is 6. The number of hydrogen-bond donors (Lipinski definition) is 0. The van der Waals surface area contributed by atoms with E-state index in [1.54, 1.807) is 0 Å². The van der Waals surface area contributed by atoms with Gasteiger partial charge in [0.1, 0.15) is 0 Å². The van der Waals surface area contributed by atoms with E-state index >= 15 is 0 Å². The van der Waals surface area contributed by atoms with Crippen LogP contribution in [0.5, 0.6) is 0 Å². The Labute approximate surface area is 486 Å². The summed E-state index contributed by atoms with van der Waals surface area (Å²) in [7, 11) is 0. The van der Waals surface area contributed by atoms with Crippen LogP contribution < -0.4 is 9.80 Å². The zero-order valence-corrected chi connectivity index (χ0v) is 46.5. The highest BCUT2D eigenvalue weighted by Crippen LogP contribution is 2.53. The van der Waals surface area contributed by atoms with Gasteiger partial charge in [0.15, 0.2) is 0 Å². The van der Waals surface area contributed by atoms with Gasteiger partial charge >= 0.3 is 0 Å². The second-order valence-corrected chi connectivity index (χ2v) is 22.6. The van der Waals surface area contributed by atoms with Crippen LogP contribution in [-0.2, 0) is 0 Å². The first-order chi connectivity index (χ1) is 41.5. The molecule has 0 saturated carbocycles. The molecular formula is C80H54N4. The van der Waals surface area contributed by atoms with Gasteiger partial charge in [0.05, 0.1) is 55.8 Å². The molecule has 4 nitrogen and oxygen atoms in total. The normalized spacial score (nSPS) is 11.9. The highest BCUT2D eigenvalue weighted by atomic mass is 15.2. The van der Waals surface area contributed by atoms with Crippen molar-refractivity contribution in [3.63, 3.8) is 0 Å². The Balaban J connectivity index is 0.914. The minimum absolute atomic E-state index is 1.10. The lowest BCUT2D eigenvalue weighted by Gasteiger charge is -2.29. The maximum absolute atomic E-state index is 2.56. The predicted octanol–water partition coefficient (Wildman–Crippen LogP) is 22.2. The standard InChI is InChI=1S/C80H54N4/c1-51-31-43-71(65(47-51)57-23-11-5-12-24-57)81(59-37-33-55(34-38-59)53-19-7-3-8-20-53)73-45-41-61-67-49-76-68(50-75(67)83-69-29-17-15-27-63(69)77(73)79(61)83)62-42-46-74(78-64-28-16-18-30-70(64)84(76)80(62)78)82(60-39-35-56(36-40-60)54-21-9-4-10-22-54)72-44-32-52(2)48-66(72)58-25-13-6-14-26-58/h3-50H,1-2H3. The molecule has 0 radical (unpaired) electrons. The van der Waals surface area contributed by atoms with E-state index in [9.17, 15) is 0 Å². The second kappa shape index (κ2) is 18.8. The van der Waals surface area contributed by atoms with Crippen LogP contribution in [0, 0.1) is 13.8 Å². The second-order valence-electron chi connectivity index (χ2n) is 22.6. The van der Waals surface area contributed by atoms with E-state index in [2.05, 4.69) is 324 Å². The molecule has 0 fully saturated rings. The van der Waals surface area contributed by atoms with Crippen LogP contribution in [0.2, 0.25) is 0 Å². The van der Waals surface area contributed by atoms with Crippen molar-refractivity contribution in [1.82, 2.24) is 8.80 Å². The van der Waals surface area contributed by atoms with Gasteiger partial charge in [0, 0.05) is 65.6 Å². The Bertz CT molecular complexity index is 5020. The van der Waals surface area contributed by atoms with Crippen molar-refractivity contribution < 1.29 is 0 Å². The number of benzene rings is 13. The van der Waals surface area contributed by atoms with Gasteiger partial charge in [0.25, 0.3) is 0 Å². The van der Waals surface area contributed by atoms with Crippen LogP contribution in [0.4, 0.5) is 34.1 Å². The van der Waals surface area contributed by atoms with Crippen molar-refractivity contribution in [2.24, 2.45) is 0 Å². The Kier molecular flexibility index (Phi) is 10.7. The Morgan fingerprint density at radius 1 is 0.238 bits per heavy atom. The first kappa shape index (κ1) is 47.8. The fraction of sp³-hybridized carbons (Fsp3) is 0.0250. The molecule has 0 aliphatic carbocycles. The monoisotopic (exact) mass is 1070 g/mol. The number of nitrogens with zero attached hydrogens (tertiary/aromatic N) is 4. The molecule has 0 saturated heterocycles. The third-order valence-corrected chi connectivity index (χ3v) is 17.7. The van der Waals surface area contributed by atoms with Crippen LogP contribution in [0.25, 0.3) is 121 Å². The van der Waals surface area contributed by atoms with Crippen molar-refractivity contribution in [3.8, 4) is 44.5 Å². The molecule has 84 heavy (non-hydrogen) atoms. The van der Waals surface area contributed by atoms with Crippen LogP contribution in [-0.4, -0.2) is 8.80 Å². The molecule has 17 rings (SSSR count). The third-order valence-electron chi connectivity index (χ3n) is 17.7. The van der Waals surface area contributed by atoms with Crippen LogP contribution in [0.3, 0.4) is 0 Å². The first-order valence-electron chi connectivity index (χ1n) is 29.1. The van der Waals surface area contributed by atoms with Crippen LogP contribution >= 0.6 is 0 Å². The highest BCUT2D eigenvalue weighted by Gasteiger charge is 2.29. The number of aromatic nitrogens is 2. The molecule has 0 bridgehead atoms. The molecule has 13 aromatic carbocycles. The third kappa shape index (κ3) is 7.27. The molecule has 0 N–H and O–H groups in total. The van der Waals surface area contributed by atoms with E-state index in [0.29, 0.717) is 0 Å². The maximum atomic E-state index is 2.56. The van der Waals surface area contributed by atoms with Crippen LogP contribution in [0.1, 0.15) is 11.1 Å². The fourth-order valence-electron chi connectivity index (χ4n) is 13.9. The summed E-state index contributed by atoms with van der Waals surface area (Å²) in [4.78, 5) is 5.01. The SMILES string of the molecule is Cc1ccc(N(c2ccc(-c3ccccc3)cc2)c2ccc3c4cc5c(cc4n4c6ccccc6c2c34)c2ccc(N(c3ccc(-c4ccccc4)cc3)c3ccc(C)cc3-c3ccccc3)c3c4ccccc4n5c23)c(-c2ccccc2)c1. The van der Waals surface area contributed by atoms with Crippen molar-refractivity contribution in [2.75, 3.05) is 9.80 Å². The summed E-state index contributed by atoms with van der Waals surface area (Å²) in [6.45, 7) is 4.39. The van der Waals surface area contributed by atoms with E-state index in [0.717, 1.165) is 34.1 Å². The van der Waals surface area contributed by atoms with Crippen LogP contribution in [0.15, 0.2) is 291 Å². The fourth-order valence-corrected chi connectivity index (χ4v) is 13.9. The molecule has 394 valence electrons. The zero-order chi connectivity index (χ0) is 55.6. The van der Waals surface area contributed by atoms with Gasteiger partial charge in [-0.3, -0.25) is 0 Å². The smallest absolute Gasteiger partial charge is 0.0641 e. The van der Waals surface area contributed by atoms with Crippen molar-refractivity contribution in [1.29, 1.82) is 0 Å². The zero-order valence-electron chi connectivity index (χ0n) is 46.5. The van der Waals surface area contributed by atoms with Gasteiger partial charge in [-0.1, -0.05) is 217 Å². The summed E-state index contributed by atoms with van der Waals surface area (Å²) in [5, 5.41) is 9.84. The lowest BCUT2D eigenvalue weighted by molar-refractivity contribution is 1.29. The van der Waals surface area contributed by atoms with Gasteiger partial charge in [0.2, 0.25) is 0 Å². The van der Waals surface area contributed by atoms with Crippen molar-refractivity contribution in [2.45, 2.75) is 13.8 Å². The molecule has 4 heterocycles. The molecular weight excluding hydrogens is 1020 g/mol. The minimum Gasteiger partial charge on any atom is -0.309 e. The van der Waals surface area contributed by atoms with Crippen molar-refractivity contribution in [3.05, 3.63) is 302 Å². The predicted molar refractivity (Wildman–Crippen MR) is 356 cm³/mol. The molecule has 0 amide bonds. The minimum atomic E-state index is 1.10. The van der Waals surface area contributed by atoms with Gasteiger partial charge < -0.3 is 18.6 Å². The molecule has 0 atom stereocenters. The lowest BCUT2D eigenvalue weighted by atomic mass is 9.97. The number of para-hydroxylation sites is 2. The highest BCUT2D eigenvalue weighted by molar-refractivity contribution is 6.32. The van der Waals surface area contributed by atoms with Gasteiger partial charge in [-0.05, 0) is 132 Å². The van der Waals surface area contributed by atoms with E-state index in [4.69, 9.17) is 0 Å². The number of hydrogen-bond acceptors (Lipinski definition) is 2. The van der Waals surface area contributed by atoms with E-state index in [1.807, 2.05) is 0 Å². The molecule has 0 aliphatic heterocycles. The average molecular weight is 1070 g/mol. The topological polar surface area (TPSA) is 15.3 Å². The summed E-state index contributed by atoms with van der Waals surface area (Å²) in [6, 6.07) is 108. The summed E-state index contributed by atoms with van der Waals surface area (Å²) < 4.78 is 5.12. The Morgan fingerprint density at radius 2 is 0.571 bits per heavy atom. The Morgan fingerprint density at radius 3 is 0.964 bits per heavy atom. The van der Waals surface area contributed by atoms with E-state index in [-0.39, 0.29) is 0 Å². The van der Waals surface area contributed by atoms with E-state index < -0.39 is 0 Å². The van der Waals surface area contributed by atoms with Crippen molar-refractivity contribution >= 4 is 110 Å². The quantitative estimate of drug-likeness (QED) is 0.136. The average Bonchev–Trinajstić information content (AvgIpc) is 1.70. The molecule has 4 aromatic heterocycles. The maximum Gasteiger partial charge on any atom is 0.0641 e. The molecule has 0 spiro atoms.